The van der Waals surface area contributed by atoms with Crippen LogP contribution in [0.25, 0.3) is 0 Å². The molecular formula is C18H18F2O. The van der Waals surface area contributed by atoms with Crippen molar-refractivity contribution in [3.63, 3.8) is 0 Å². The average Bonchev–Trinajstić information content (AvgIpc) is 2.50. The van der Waals surface area contributed by atoms with Gasteiger partial charge in [0.25, 0.3) is 0 Å². The monoisotopic (exact) mass is 288 g/mol. The van der Waals surface area contributed by atoms with E-state index < -0.39 is 11.6 Å². The van der Waals surface area contributed by atoms with Crippen molar-refractivity contribution < 1.29 is 13.6 Å². The van der Waals surface area contributed by atoms with Crippen LogP contribution in [0.2, 0.25) is 0 Å². The molecule has 0 unspecified atom stereocenters. The second-order valence-electron chi connectivity index (χ2n) is 5.11. The number of aryl methyl sites for hydroxylation is 1. The lowest BCUT2D eigenvalue weighted by molar-refractivity contribution is 0.0991. The fraction of sp³-hybridized carbons (Fsp3) is 0.278. The highest BCUT2D eigenvalue weighted by Crippen LogP contribution is 2.15. The van der Waals surface area contributed by atoms with Crippen LogP contribution in [0.3, 0.4) is 0 Å². The molecule has 0 saturated carbocycles. The summed E-state index contributed by atoms with van der Waals surface area (Å²) in [6, 6.07) is 11.2. The van der Waals surface area contributed by atoms with Crippen LogP contribution >= 0.6 is 0 Å². The summed E-state index contributed by atoms with van der Waals surface area (Å²) in [5.74, 6) is -2.07. The minimum Gasteiger partial charge on any atom is -0.294 e. The van der Waals surface area contributed by atoms with Crippen molar-refractivity contribution in [2.45, 2.75) is 32.6 Å². The summed E-state index contributed by atoms with van der Waals surface area (Å²) in [4.78, 5) is 12.1. The molecule has 0 aliphatic carbocycles. The lowest BCUT2D eigenvalue weighted by Gasteiger charge is -2.05. The molecule has 0 aromatic heterocycles. The second-order valence-corrected chi connectivity index (χ2v) is 5.11. The number of hydrogen-bond donors (Lipinski definition) is 0. The van der Waals surface area contributed by atoms with E-state index in [0.29, 0.717) is 5.56 Å². The molecule has 1 nitrogen and oxygen atoms in total. The summed E-state index contributed by atoms with van der Waals surface area (Å²) >= 11 is 0. The zero-order chi connectivity index (χ0) is 15.2. The van der Waals surface area contributed by atoms with Crippen LogP contribution in [0.4, 0.5) is 8.78 Å². The molecule has 0 N–H and O–H groups in total. The lowest BCUT2D eigenvalue weighted by atomic mass is 10.00. The zero-order valence-corrected chi connectivity index (χ0v) is 12.0. The van der Waals surface area contributed by atoms with Crippen molar-refractivity contribution in [1.82, 2.24) is 0 Å². The van der Waals surface area contributed by atoms with E-state index in [2.05, 4.69) is 6.92 Å². The van der Waals surface area contributed by atoms with E-state index in [1.54, 1.807) is 12.1 Å². The van der Waals surface area contributed by atoms with Gasteiger partial charge in [0, 0.05) is 12.0 Å². The molecular weight excluding hydrogens is 270 g/mol. The number of hydrogen-bond acceptors (Lipinski definition) is 1. The van der Waals surface area contributed by atoms with Gasteiger partial charge in [0.15, 0.2) is 17.4 Å². The Morgan fingerprint density at radius 3 is 2.43 bits per heavy atom. The van der Waals surface area contributed by atoms with Crippen molar-refractivity contribution in [2.24, 2.45) is 0 Å². The smallest absolute Gasteiger partial charge is 0.167 e. The Bertz CT molecular complexity index is 618. The Morgan fingerprint density at radius 2 is 1.76 bits per heavy atom. The SMILES string of the molecule is CCCCc1ccc(C(=O)Cc2cccc(F)c2F)cc1. The van der Waals surface area contributed by atoms with E-state index in [4.69, 9.17) is 0 Å². The molecule has 0 radical (unpaired) electrons. The summed E-state index contributed by atoms with van der Waals surface area (Å²) in [6.07, 6.45) is 3.10. The van der Waals surface area contributed by atoms with E-state index >= 15 is 0 Å². The van der Waals surface area contributed by atoms with Crippen molar-refractivity contribution in [1.29, 1.82) is 0 Å². The number of ketones is 1. The summed E-state index contributed by atoms with van der Waals surface area (Å²) in [6.45, 7) is 2.13. The molecule has 0 spiro atoms. The van der Waals surface area contributed by atoms with Crippen molar-refractivity contribution in [3.8, 4) is 0 Å². The number of rotatable bonds is 6. The first-order chi connectivity index (χ1) is 10.1. The molecule has 2 aromatic rings. The summed E-state index contributed by atoms with van der Waals surface area (Å²) in [5.41, 5.74) is 1.80. The predicted octanol–water partition coefficient (Wildman–Crippen LogP) is 4.73. The molecule has 3 heteroatoms. The lowest BCUT2D eigenvalue weighted by Crippen LogP contribution is -2.06. The maximum Gasteiger partial charge on any atom is 0.167 e. The number of Topliss-reactive ketones (excluding diaryl/α,β-unsaturated/α-hetero) is 1. The standard InChI is InChI=1S/C18H18F2O/c1-2-3-5-13-8-10-14(11-9-13)17(21)12-15-6-4-7-16(19)18(15)20/h4,6-11H,2-3,5,12H2,1H3. The average molecular weight is 288 g/mol. The topological polar surface area (TPSA) is 17.1 Å². The fourth-order valence-electron chi connectivity index (χ4n) is 2.20. The van der Waals surface area contributed by atoms with Gasteiger partial charge in [0.1, 0.15) is 0 Å². The Hall–Kier alpha value is -2.03. The highest BCUT2D eigenvalue weighted by molar-refractivity contribution is 5.97. The predicted molar refractivity (Wildman–Crippen MR) is 79.4 cm³/mol. The van der Waals surface area contributed by atoms with E-state index in [1.807, 2.05) is 12.1 Å². The van der Waals surface area contributed by atoms with Crippen molar-refractivity contribution >= 4 is 5.78 Å². The van der Waals surface area contributed by atoms with Crippen molar-refractivity contribution in [2.75, 3.05) is 0 Å². The Kier molecular flexibility index (Phi) is 5.20. The largest absolute Gasteiger partial charge is 0.294 e. The van der Waals surface area contributed by atoms with Crippen LogP contribution in [0.15, 0.2) is 42.5 Å². The van der Waals surface area contributed by atoms with Gasteiger partial charge in [-0.05, 0) is 30.0 Å². The summed E-state index contributed by atoms with van der Waals surface area (Å²) in [5, 5.41) is 0. The summed E-state index contributed by atoms with van der Waals surface area (Å²) in [7, 11) is 0. The molecule has 0 fully saturated rings. The number of carbonyl (C=O) groups excluding carboxylic acids is 1. The molecule has 0 bridgehead atoms. The Morgan fingerprint density at radius 1 is 1.05 bits per heavy atom. The number of benzene rings is 2. The van der Waals surface area contributed by atoms with Crippen molar-refractivity contribution in [3.05, 3.63) is 70.8 Å². The maximum atomic E-state index is 13.6. The minimum atomic E-state index is -0.939. The highest BCUT2D eigenvalue weighted by Gasteiger charge is 2.13. The molecule has 0 atom stereocenters. The molecule has 0 saturated heterocycles. The van der Waals surface area contributed by atoms with Gasteiger partial charge in [-0.2, -0.15) is 0 Å². The summed E-state index contributed by atoms with van der Waals surface area (Å²) < 4.78 is 26.7. The van der Waals surface area contributed by atoms with E-state index in [1.165, 1.54) is 17.7 Å². The van der Waals surface area contributed by atoms with E-state index in [0.717, 1.165) is 25.3 Å². The van der Waals surface area contributed by atoms with Crippen LogP contribution in [0.5, 0.6) is 0 Å². The third kappa shape index (κ3) is 3.97. The fourth-order valence-corrected chi connectivity index (χ4v) is 2.20. The third-order valence-corrected chi connectivity index (χ3v) is 3.48. The second kappa shape index (κ2) is 7.11. The van der Waals surface area contributed by atoms with Gasteiger partial charge in [-0.3, -0.25) is 4.79 Å². The number of carbonyl (C=O) groups is 1. The normalized spacial score (nSPS) is 10.6. The van der Waals surface area contributed by atoms with Crippen LogP contribution in [0, 0.1) is 11.6 Å². The van der Waals surface area contributed by atoms with Gasteiger partial charge in [-0.25, -0.2) is 8.78 Å². The van der Waals surface area contributed by atoms with Gasteiger partial charge in [0.05, 0.1) is 0 Å². The molecule has 21 heavy (non-hydrogen) atoms. The molecule has 110 valence electrons. The number of halogens is 2. The molecule has 0 heterocycles. The molecule has 0 aliphatic heterocycles. The molecule has 2 aromatic carbocycles. The van der Waals surface area contributed by atoms with Gasteiger partial charge >= 0.3 is 0 Å². The molecule has 0 amide bonds. The first kappa shape index (κ1) is 15.4. The van der Waals surface area contributed by atoms with Gasteiger partial charge < -0.3 is 0 Å². The Labute approximate surface area is 123 Å². The third-order valence-electron chi connectivity index (χ3n) is 3.48. The minimum absolute atomic E-state index is 0.0926. The first-order valence-electron chi connectivity index (χ1n) is 7.17. The quantitative estimate of drug-likeness (QED) is 0.702. The Balaban J connectivity index is 2.08. The molecule has 2 rings (SSSR count). The van der Waals surface area contributed by atoms with Gasteiger partial charge in [-0.15, -0.1) is 0 Å². The van der Waals surface area contributed by atoms with Crippen LogP contribution in [0.1, 0.15) is 41.3 Å². The van der Waals surface area contributed by atoms with E-state index in [-0.39, 0.29) is 17.8 Å². The van der Waals surface area contributed by atoms with Crippen LogP contribution < -0.4 is 0 Å². The number of unbranched alkanes of at least 4 members (excludes halogenated alkanes) is 1. The van der Waals surface area contributed by atoms with Gasteiger partial charge in [-0.1, -0.05) is 49.7 Å². The van der Waals surface area contributed by atoms with E-state index in [9.17, 15) is 13.6 Å². The zero-order valence-electron chi connectivity index (χ0n) is 12.0. The van der Waals surface area contributed by atoms with Crippen LogP contribution in [-0.2, 0) is 12.8 Å². The highest BCUT2D eigenvalue weighted by atomic mass is 19.2. The maximum absolute atomic E-state index is 13.6. The van der Waals surface area contributed by atoms with Gasteiger partial charge in [0.2, 0.25) is 0 Å². The first-order valence-corrected chi connectivity index (χ1v) is 7.17. The van der Waals surface area contributed by atoms with Crippen LogP contribution in [-0.4, -0.2) is 5.78 Å². The molecule has 0 aliphatic rings.